The first-order valence-corrected chi connectivity index (χ1v) is 9.43. The van der Waals surface area contributed by atoms with Gasteiger partial charge in [-0.1, -0.05) is 18.2 Å². The monoisotopic (exact) mass is 502 g/mol. The second kappa shape index (κ2) is 12.6. The van der Waals surface area contributed by atoms with E-state index in [1.807, 2.05) is 37.3 Å². The number of amides is 1. The maximum absolute atomic E-state index is 11.6. The van der Waals surface area contributed by atoms with E-state index in [1.54, 1.807) is 25.4 Å². The highest BCUT2D eigenvalue weighted by Crippen LogP contribution is 2.14. The summed E-state index contributed by atoms with van der Waals surface area (Å²) in [4.78, 5) is 19.0. The lowest BCUT2D eigenvalue weighted by atomic mass is 10.2. The van der Waals surface area contributed by atoms with Crippen molar-refractivity contribution in [3.63, 3.8) is 0 Å². The van der Waals surface area contributed by atoms with Crippen molar-refractivity contribution in [1.29, 1.82) is 0 Å². The van der Waals surface area contributed by atoms with Crippen LogP contribution in [0.4, 0.5) is 0 Å². The van der Waals surface area contributed by atoms with Crippen molar-refractivity contribution in [3.8, 4) is 5.75 Å². The first kappa shape index (κ1) is 23.2. The number of hydrogen-bond donors (Lipinski definition) is 2. The summed E-state index contributed by atoms with van der Waals surface area (Å²) in [5, 5.41) is 8.64. The van der Waals surface area contributed by atoms with E-state index in [9.17, 15) is 4.79 Å². The minimum Gasteiger partial charge on any atom is -0.484 e. The van der Waals surface area contributed by atoms with Gasteiger partial charge in [-0.2, -0.15) is 0 Å². The first-order valence-electron chi connectivity index (χ1n) is 8.55. The summed E-state index contributed by atoms with van der Waals surface area (Å²) in [5.74, 6) is 1.38. The lowest BCUT2D eigenvalue weighted by Gasteiger charge is -2.12. The maximum atomic E-state index is 11.6. The van der Waals surface area contributed by atoms with E-state index in [1.165, 1.54) is 9.78 Å². The molecular weight excluding hydrogens is 475 g/mol. The largest absolute Gasteiger partial charge is 0.484 e. The Morgan fingerprint density at radius 2 is 2.04 bits per heavy atom. The summed E-state index contributed by atoms with van der Waals surface area (Å²) in [6.45, 7) is 4.15. The topological polar surface area (TPSA) is 66.0 Å². The van der Waals surface area contributed by atoms with Crippen molar-refractivity contribution < 1.29 is 9.53 Å². The molecule has 1 aromatic heterocycles. The van der Waals surface area contributed by atoms with E-state index >= 15 is 0 Å². The summed E-state index contributed by atoms with van der Waals surface area (Å²) < 4.78 is 5.55. The summed E-state index contributed by atoms with van der Waals surface area (Å²) in [6, 6.07) is 11.8. The Kier molecular flexibility index (Phi) is 10.8. The molecule has 0 aliphatic rings. The zero-order valence-corrected chi connectivity index (χ0v) is 19.0. The molecule has 0 radical (unpaired) electrons. The zero-order chi connectivity index (χ0) is 18.8. The van der Waals surface area contributed by atoms with Crippen LogP contribution in [0, 0.1) is 0 Å². The number of carbonyl (C=O) groups is 1. The number of thiophene rings is 1. The number of nitrogens with zero attached hydrogens (tertiary/aromatic N) is 2. The van der Waals surface area contributed by atoms with Gasteiger partial charge in [-0.15, -0.1) is 35.3 Å². The van der Waals surface area contributed by atoms with Crippen LogP contribution in [-0.4, -0.2) is 44.0 Å². The molecule has 0 fully saturated rings. The van der Waals surface area contributed by atoms with Gasteiger partial charge in [-0.25, -0.2) is 4.99 Å². The smallest absolute Gasteiger partial charge is 0.259 e. The van der Waals surface area contributed by atoms with Crippen LogP contribution in [0.3, 0.4) is 0 Å². The molecule has 0 atom stereocenters. The fourth-order valence-electron chi connectivity index (χ4n) is 2.10. The lowest BCUT2D eigenvalue weighted by Crippen LogP contribution is -2.36. The van der Waals surface area contributed by atoms with E-state index in [0.717, 1.165) is 24.6 Å². The predicted molar refractivity (Wildman–Crippen MR) is 122 cm³/mol. The minimum atomic E-state index is -0.0689. The Hall–Kier alpha value is -1.81. The molecule has 1 heterocycles. The maximum Gasteiger partial charge on any atom is 0.259 e. The summed E-state index contributed by atoms with van der Waals surface area (Å²) in [6.07, 6.45) is 0. The molecule has 6 nitrogen and oxygen atoms in total. The molecule has 1 aromatic carbocycles. The van der Waals surface area contributed by atoms with E-state index < -0.39 is 0 Å². The number of hydrogen-bond acceptors (Lipinski definition) is 4. The average Bonchev–Trinajstić information content (AvgIpc) is 3.16. The Morgan fingerprint density at radius 1 is 1.22 bits per heavy atom. The number of aliphatic imine (C=N–C) groups is 1. The molecule has 8 heteroatoms. The third kappa shape index (κ3) is 8.61. The third-order valence-corrected chi connectivity index (χ3v) is 4.41. The fraction of sp³-hybridized carbons (Fsp3) is 0.368. The fourth-order valence-corrected chi connectivity index (χ4v) is 2.75. The highest BCUT2D eigenvalue weighted by molar-refractivity contribution is 14.0. The van der Waals surface area contributed by atoms with Gasteiger partial charge in [0.1, 0.15) is 5.75 Å². The molecule has 1 amide bonds. The van der Waals surface area contributed by atoms with E-state index in [-0.39, 0.29) is 36.5 Å². The van der Waals surface area contributed by atoms with Crippen molar-refractivity contribution in [2.75, 3.05) is 27.2 Å². The first-order chi connectivity index (χ1) is 12.6. The van der Waals surface area contributed by atoms with Gasteiger partial charge in [0.05, 0.1) is 13.1 Å². The molecule has 0 bridgehead atoms. The molecule has 148 valence electrons. The number of carbonyl (C=O) groups excluding carboxylic acids is 1. The normalized spacial score (nSPS) is 10.7. The Bertz CT molecular complexity index is 720. The van der Waals surface area contributed by atoms with Crippen molar-refractivity contribution in [3.05, 3.63) is 52.2 Å². The molecule has 0 aliphatic carbocycles. The molecule has 2 aromatic rings. The van der Waals surface area contributed by atoms with E-state index in [0.29, 0.717) is 12.3 Å². The highest BCUT2D eigenvalue weighted by atomic mass is 127. The van der Waals surface area contributed by atoms with Gasteiger partial charge in [0.2, 0.25) is 0 Å². The van der Waals surface area contributed by atoms with Crippen LogP contribution in [0.25, 0.3) is 0 Å². The van der Waals surface area contributed by atoms with Gasteiger partial charge in [-0.05, 0) is 36.1 Å². The standard InChI is InChI=1S/C19H26N4O2S.HI/c1-4-20-19(22-13-17-9-6-10-26-17)21-12-15-7-5-8-16(11-15)25-14-18(24)23(2)3;/h5-11H,4,12-14H2,1-3H3,(H2,20,21,22);1H. The Balaban J connectivity index is 0.00000364. The Morgan fingerprint density at radius 3 is 2.70 bits per heavy atom. The molecule has 0 unspecified atom stereocenters. The van der Waals surface area contributed by atoms with Crippen LogP contribution < -0.4 is 15.4 Å². The van der Waals surface area contributed by atoms with E-state index in [2.05, 4.69) is 27.1 Å². The summed E-state index contributed by atoms with van der Waals surface area (Å²) in [5.41, 5.74) is 1.02. The van der Waals surface area contributed by atoms with Crippen LogP contribution in [0.5, 0.6) is 5.75 Å². The SMILES string of the molecule is CCNC(=NCc1cccc(OCC(=O)N(C)C)c1)NCc1cccs1.I. The molecule has 0 spiro atoms. The van der Waals surface area contributed by atoms with Crippen LogP contribution in [0.15, 0.2) is 46.8 Å². The Labute approximate surface area is 182 Å². The number of nitrogens with one attached hydrogen (secondary N) is 2. The van der Waals surface area contributed by atoms with Crippen molar-refractivity contribution in [1.82, 2.24) is 15.5 Å². The second-order valence-corrected chi connectivity index (χ2v) is 6.88. The van der Waals surface area contributed by atoms with Crippen molar-refractivity contribution >= 4 is 47.2 Å². The van der Waals surface area contributed by atoms with Crippen molar-refractivity contribution in [2.24, 2.45) is 4.99 Å². The van der Waals surface area contributed by atoms with Gasteiger partial charge in [-0.3, -0.25) is 4.79 Å². The van der Waals surface area contributed by atoms with Crippen molar-refractivity contribution in [2.45, 2.75) is 20.0 Å². The molecule has 2 N–H and O–H groups in total. The third-order valence-electron chi connectivity index (χ3n) is 3.53. The van der Waals surface area contributed by atoms with Gasteiger partial charge in [0.25, 0.3) is 5.91 Å². The van der Waals surface area contributed by atoms with Gasteiger partial charge in [0, 0.05) is 25.5 Å². The van der Waals surface area contributed by atoms with Gasteiger partial charge in [0.15, 0.2) is 12.6 Å². The molecule has 2 rings (SSSR count). The van der Waals surface area contributed by atoms with Crippen LogP contribution in [0.1, 0.15) is 17.4 Å². The second-order valence-electron chi connectivity index (χ2n) is 5.85. The zero-order valence-electron chi connectivity index (χ0n) is 15.9. The highest BCUT2D eigenvalue weighted by Gasteiger charge is 2.05. The van der Waals surface area contributed by atoms with E-state index in [4.69, 9.17) is 4.74 Å². The number of halogens is 1. The average molecular weight is 502 g/mol. The number of rotatable bonds is 8. The summed E-state index contributed by atoms with van der Waals surface area (Å²) in [7, 11) is 3.42. The number of ether oxygens (including phenoxy) is 1. The molecule has 0 aliphatic heterocycles. The van der Waals surface area contributed by atoms with Crippen LogP contribution in [0.2, 0.25) is 0 Å². The minimum absolute atomic E-state index is 0. The predicted octanol–water partition coefficient (Wildman–Crippen LogP) is 3.09. The molecular formula is C19H27IN4O2S. The van der Waals surface area contributed by atoms with Crippen LogP contribution >= 0.6 is 35.3 Å². The van der Waals surface area contributed by atoms with Crippen LogP contribution in [-0.2, 0) is 17.9 Å². The van der Waals surface area contributed by atoms with Gasteiger partial charge < -0.3 is 20.3 Å². The molecule has 0 saturated carbocycles. The quantitative estimate of drug-likeness (QED) is 0.331. The molecule has 27 heavy (non-hydrogen) atoms. The molecule has 0 saturated heterocycles. The summed E-state index contributed by atoms with van der Waals surface area (Å²) >= 11 is 1.72. The number of likely N-dealkylation sites (N-methyl/N-ethyl adjacent to an activating group) is 1. The number of guanidine groups is 1. The lowest BCUT2D eigenvalue weighted by molar-refractivity contribution is -0.130. The number of benzene rings is 1. The van der Waals surface area contributed by atoms with Gasteiger partial charge >= 0.3 is 0 Å².